The first-order valence-electron chi connectivity index (χ1n) is 19.5. The van der Waals surface area contributed by atoms with Crippen LogP contribution in [0.15, 0.2) is 42.7 Å². The first-order valence-corrected chi connectivity index (χ1v) is 19.5. The number of likely N-dealkylation sites (N-methyl/N-ethyl adjacent to an activating group) is 1. The summed E-state index contributed by atoms with van der Waals surface area (Å²) in [5.74, 6) is -5.11. The highest BCUT2D eigenvalue weighted by atomic mass is 16.7. The molecule has 0 spiro atoms. The minimum absolute atomic E-state index is 0.0698. The number of ether oxygens (including phenoxy) is 5. The summed E-state index contributed by atoms with van der Waals surface area (Å²) in [4.78, 5) is 61.6. The number of benzene rings is 1. The molecule has 2 N–H and O–H groups in total. The maximum absolute atomic E-state index is 14.4. The quantitative estimate of drug-likeness (QED) is 0.270. The molecule has 3 aliphatic rings. The molecule has 4 heterocycles. The Morgan fingerprint density at radius 3 is 2.45 bits per heavy atom. The number of rotatable bonds is 8. The lowest BCUT2D eigenvalue weighted by Gasteiger charge is -2.47. The zero-order valence-electron chi connectivity index (χ0n) is 33.8. The smallest absolute Gasteiger partial charge is 0.408 e. The van der Waals surface area contributed by atoms with Crippen molar-refractivity contribution >= 4 is 40.5 Å². The number of ketones is 2. The van der Waals surface area contributed by atoms with Crippen molar-refractivity contribution in [1.29, 1.82) is 0 Å². The summed E-state index contributed by atoms with van der Waals surface area (Å²) in [6, 6.07) is 6.74. The van der Waals surface area contributed by atoms with Gasteiger partial charge in [0.1, 0.15) is 23.9 Å². The number of esters is 1. The summed E-state index contributed by atoms with van der Waals surface area (Å²) < 4.78 is 31.4. The number of nitrogens with one attached hydrogen (secondary N) is 1. The molecule has 13 atom stereocenters. The third-order valence-corrected chi connectivity index (χ3v) is 12.0. The number of aliphatic hydroxyl groups excluding tert-OH is 1. The Kier molecular flexibility index (Phi) is 13.2. The van der Waals surface area contributed by atoms with Crippen molar-refractivity contribution < 1.29 is 48.0 Å². The Morgan fingerprint density at radius 1 is 1.04 bits per heavy atom. The van der Waals surface area contributed by atoms with Gasteiger partial charge >= 0.3 is 12.1 Å². The lowest BCUT2D eigenvalue weighted by molar-refractivity contribution is -0.296. The van der Waals surface area contributed by atoms with Gasteiger partial charge in [-0.05, 0) is 78.1 Å². The maximum atomic E-state index is 14.4. The number of Topliss-reactive ketones (excluding diaryl/α,β-unsaturated/α-hetero) is 2. The van der Waals surface area contributed by atoms with Crippen LogP contribution >= 0.6 is 0 Å². The van der Waals surface area contributed by atoms with Crippen molar-refractivity contribution in [3.8, 4) is 0 Å². The third-order valence-electron chi connectivity index (χ3n) is 12.0. The molecule has 1 aromatic carbocycles. The normalized spacial score (nSPS) is 38.1. The minimum Gasteiger partial charge on any atom is -0.458 e. The van der Waals surface area contributed by atoms with Gasteiger partial charge in [0, 0.05) is 41.6 Å². The van der Waals surface area contributed by atoms with E-state index in [1.807, 2.05) is 62.3 Å². The van der Waals surface area contributed by atoms with Crippen molar-refractivity contribution in [1.82, 2.24) is 15.2 Å². The maximum Gasteiger partial charge on any atom is 0.408 e. The summed E-state index contributed by atoms with van der Waals surface area (Å²) >= 11 is 0. The average molecular weight is 766 g/mol. The SMILES string of the molecule is CCC1OC(=O)[C@H](C)C(=O)[C@H](C)[C@@H](O[C@@H]2O[C@H](C)C[C@H](N(C)C)[C@H]2O)[C@](C)(OC/C=C/c2cccc3cnccc23)C[C@@H](C)C(=O)[C@H](C)[C@H]2NC(=O)O[C@]12C. The first kappa shape index (κ1) is 42.4. The highest BCUT2D eigenvalue weighted by molar-refractivity contribution is 6.00. The van der Waals surface area contributed by atoms with Crippen molar-refractivity contribution in [2.45, 2.75) is 129 Å². The van der Waals surface area contributed by atoms with Crippen LogP contribution in [0.1, 0.15) is 80.2 Å². The van der Waals surface area contributed by atoms with Crippen LogP contribution in [-0.4, -0.2) is 113 Å². The summed E-state index contributed by atoms with van der Waals surface area (Å²) in [6.45, 7) is 13.9. The molecule has 13 nitrogen and oxygen atoms in total. The van der Waals surface area contributed by atoms with Crippen LogP contribution in [0.4, 0.5) is 4.79 Å². The molecule has 13 heteroatoms. The molecule has 3 aliphatic heterocycles. The summed E-state index contributed by atoms with van der Waals surface area (Å²) in [5, 5.41) is 16.4. The molecule has 0 bridgehead atoms. The number of hydrogen-bond donors (Lipinski definition) is 2. The fraction of sp³-hybridized carbons (Fsp3) is 0.643. The molecule has 1 aromatic heterocycles. The predicted molar refractivity (Wildman–Crippen MR) is 206 cm³/mol. The van der Waals surface area contributed by atoms with Crippen molar-refractivity contribution in [2.75, 3.05) is 20.7 Å². The molecule has 3 fully saturated rings. The van der Waals surface area contributed by atoms with Crippen LogP contribution in [0.3, 0.4) is 0 Å². The molecule has 0 aliphatic carbocycles. The van der Waals surface area contributed by atoms with E-state index in [0.29, 0.717) is 6.42 Å². The Balaban J connectivity index is 1.57. The van der Waals surface area contributed by atoms with Gasteiger partial charge < -0.3 is 39.0 Å². The number of fused-ring (bicyclic) bond motifs is 2. The molecule has 302 valence electrons. The number of pyridine rings is 1. The topological polar surface area (TPSA) is 163 Å². The monoisotopic (exact) mass is 765 g/mol. The number of nitrogens with zero attached hydrogens (tertiary/aromatic N) is 2. The van der Waals surface area contributed by atoms with E-state index >= 15 is 0 Å². The number of alkyl carbamates (subject to hydrolysis) is 1. The lowest BCUT2D eigenvalue weighted by Crippen LogP contribution is -2.60. The fourth-order valence-corrected chi connectivity index (χ4v) is 8.83. The van der Waals surface area contributed by atoms with E-state index in [9.17, 15) is 24.3 Å². The average Bonchev–Trinajstić information content (AvgIpc) is 3.47. The van der Waals surface area contributed by atoms with Crippen LogP contribution in [0.2, 0.25) is 0 Å². The van der Waals surface area contributed by atoms with Crippen molar-refractivity contribution in [2.24, 2.45) is 23.7 Å². The molecule has 5 rings (SSSR count). The lowest BCUT2D eigenvalue weighted by atomic mass is 9.73. The number of hydrogen-bond acceptors (Lipinski definition) is 12. The van der Waals surface area contributed by atoms with Gasteiger partial charge in [-0.15, -0.1) is 0 Å². The minimum atomic E-state index is -1.38. The molecule has 0 radical (unpaired) electrons. The number of aromatic nitrogens is 1. The van der Waals surface area contributed by atoms with Crippen molar-refractivity contribution in [3.63, 3.8) is 0 Å². The Hall–Kier alpha value is -3.75. The summed E-state index contributed by atoms with van der Waals surface area (Å²) in [6.07, 6.45) is 2.98. The fourth-order valence-electron chi connectivity index (χ4n) is 8.83. The van der Waals surface area contributed by atoms with E-state index in [1.165, 1.54) is 6.92 Å². The highest BCUT2D eigenvalue weighted by Crippen LogP contribution is 2.40. The van der Waals surface area contributed by atoms with Gasteiger partial charge in [-0.3, -0.25) is 19.4 Å². The second kappa shape index (κ2) is 17.2. The largest absolute Gasteiger partial charge is 0.458 e. The molecule has 1 amide bonds. The Morgan fingerprint density at radius 2 is 1.76 bits per heavy atom. The second-order valence-electron chi connectivity index (χ2n) is 16.3. The Labute approximate surface area is 324 Å². The molecule has 2 aromatic rings. The van der Waals surface area contributed by atoms with Crippen LogP contribution < -0.4 is 5.32 Å². The number of amides is 1. The van der Waals surface area contributed by atoms with Crippen molar-refractivity contribution in [3.05, 3.63) is 48.3 Å². The zero-order valence-corrected chi connectivity index (χ0v) is 33.8. The van der Waals surface area contributed by atoms with E-state index in [4.69, 9.17) is 23.7 Å². The van der Waals surface area contributed by atoms with E-state index in [-0.39, 0.29) is 37.4 Å². The van der Waals surface area contributed by atoms with Gasteiger partial charge in [0.05, 0.1) is 30.5 Å². The number of carbonyl (C=O) groups excluding carboxylic acids is 4. The predicted octanol–water partition coefficient (Wildman–Crippen LogP) is 5.11. The second-order valence-corrected chi connectivity index (χ2v) is 16.3. The summed E-state index contributed by atoms with van der Waals surface area (Å²) in [7, 11) is 3.74. The Bertz CT molecular complexity index is 1750. The zero-order chi connectivity index (χ0) is 40.4. The van der Waals surface area contributed by atoms with Gasteiger partial charge in [-0.1, -0.05) is 58.0 Å². The number of cyclic esters (lactones) is 1. The molecule has 0 saturated carbocycles. The third kappa shape index (κ3) is 8.81. The molecule has 1 unspecified atom stereocenters. The van der Waals surface area contributed by atoms with Gasteiger partial charge in [-0.25, -0.2) is 4.79 Å². The van der Waals surface area contributed by atoms with Gasteiger partial charge in [0.25, 0.3) is 0 Å². The van der Waals surface area contributed by atoms with Crippen LogP contribution in [0, 0.1) is 23.7 Å². The molecular formula is C42H59N3O10. The van der Waals surface area contributed by atoms with Crippen LogP contribution in [0.25, 0.3) is 16.8 Å². The van der Waals surface area contributed by atoms with E-state index in [0.717, 1.165) is 16.3 Å². The number of carbonyl (C=O) groups is 4. The van der Waals surface area contributed by atoms with E-state index in [2.05, 4.69) is 10.3 Å². The van der Waals surface area contributed by atoms with E-state index in [1.54, 1.807) is 53.9 Å². The van der Waals surface area contributed by atoms with Gasteiger partial charge in [0.15, 0.2) is 17.7 Å². The van der Waals surface area contributed by atoms with Crippen LogP contribution in [-0.2, 0) is 38.1 Å². The first-order chi connectivity index (χ1) is 25.9. The highest BCUT2D eigenvalue weighted by Gasteiger charge is 2.57. The summed E-state index contributed by atoms with van der Waals surface area (Å²) in [5.41, 5.74) is -1.78. The molecular weight excluding hydrogens is 706 g/mol. The van der Waals surface area contributed by atoms with Gasteiger partial charge in [-0.2, -0.15) is 0 Å². The van der Waals surface area contributed by atoms with Gasteiger partial charge in [0.2, 0.25) is 0 Å². The van der Waals surface area contributed by atoms with E-state index < -0.39 is 83.4 Å². The standard InChI is InChI=1S/C42H59N3O10/c1-11-32-42(8)36(44-40(50)55-42)25(4)33(46)23(2)21-41(7,51-19-13-16-28-14-12-15-29-22-43-18-17-30(28)29)37(26(5)34(47)27(6)38(49)53-32)54-39-35(48)31(45(9)10)20-24(3)52-39/h12-18,22-27,31-32,35-37,39,48H,11,19-21H2,1-10H3,(H,44,50)/b16-13+/t23-,24-,25+,26+,27-,31+,32?,35-,36-,37-,39+,41-,42-/m1/s1. The molecule has 3 saturated heterocycles. The van der Waals surface area contributed by atoms with Crippen LogP contribution in [0.5, 0.6) is 0 Å². The number of aliphatic hydroxyl groups is 1. The molecule has 55 heavy (non-hydrogen) atoms.